The Kier molecular flexibility index (Phi) is 8.00. The minimum Gasteiger partial charge on any atom is -0.357 e. The molecule has 3 N–H and O–H groups in total. The number of carbonyl (C=O) groups excluding carboxylic acids is 1. The summed E-state index contributed by atoms with van der Waals surface area (Å²) in [6.07, 6.45) is 2.59. The fourth-order valence-corrected chi connectivity index (χ4v) is 3.03. The molecule has 10 heteroatoms. The summed E-state index contributed by atoms with van der Waals surface area (Å²) in [5.74, 6) is 1.59. The van der Waals surface area contributed by atoms with Gasteiger partial charge in [0.25, 0.3) is 5.91 Å². The average molecular weight is 379 g/mol. The first kappa shape index (κ1) is 19.8. The maximum atomic E-state index is 12.0. The number of amides is 1. The highest BCUT2D eigenvalue weighted by Gasteiger charge is 2.10. The normalized spacial score (nSPS) is 11.4. The maximum Gasteiger partial charge on any atom is 0.263 e. The first-order chi connectivity index (χ1) is 12.7. The molecule has 0 fully saturated rings. The Balaban J connectivity index is 1.75. The van der Waals surface area contributed by atoms with Crippen LogP contribution in [-0.4, -0.2) is 57.8 Å². The molecule has 0 saturated heterocycles. The number of carbonyl (C=O) groups is 1. The molecule has 0 radical (unpaired) electrons. The van der Waals surface area contributed by atoms with Crippen LogP contribution >= 0.6 is 11.3 Å². The maximum absolute atomic E-state index is 12.0. The molecule has 0 aromatic carbocycles. The molecule has 0 spiro atoms. The van der Waals surface area contributed by atoms with Crippen molar-refractivity contribution in [2.24, 2.45) is 4.99 Å². The van der Waals surface area contributed by atoms with Gasteiger partial charge in [-0.1, -0.05) is 6.92 Å². The van der Waals surface area contributed by atoms with Crippen molar-refractivity contribution in [3.8, 4) is 0 Å². The predicted molar refractivity (Wildman–Crippen MR) is 103 cm³/mol. The molecule has 2 aromatic heterocycles. The first-order valence-corrected chi connectivity index (χ1v) is 9.60. The number of guanidine groups is 1. The van der Waals surface area contributed by atoms with Crippen molar-refractivity contribution in [2.75, 3.05) is 26.2 Å². The Bertz CT molecular complexity index is 723. The van der Waals surface area contributed by atoms with Crippen LogP contribution < -0.4 is 16.0 Å². The third-order valence-corrected chi connectivity index (χ3v) is 4.55. The molecule has 0 unspecified atom stereocenters. The van der Waals surface area contributed by atoms with Crippen molar-refractivity contribution in [1.29, 1.82) is 0 Å². The Morgan fingerprint density at radius 2 is 2.12 bits per heavy atom. The first-order valence-electron chi connectivity index (χ1n) is 8.72. The highest BCUT2D eigenvalue weighted by atomic mass is 32.1. The van der Waals surface area contributed by atoms with E-state index in [0.29, 0.717) is 24.5 Å². The highest BCUT2D eigenvalue weighted by Crippen LogP contribution is 2.11. The van der Waals surface area contributed by atoms with E-state index in [4.69, 9.17) is 0 Å². The highest BCUT2D eigenvalue weighted by molar-refractivity contribution is 7.11. The Morgan fingerprint density at radius 1 is 1.27 bits per heavy atom. The average Bonchev–Trinajstić information content (AvgIpc) is 3.26. The number of hydrogen-bond acceptors (Lipinski definition) is 6. The van der Waals surface area contributed by atoms with Crippen LogP contribution in [0, 0.1) is 6.92 Å². The molecule has 26 heavy (non-hydrogen) atoms. The zero-order valence-electron chi connectivity index (χ0n) is 15.4. The summed E-state index contributed by atoms with van der Waals surface area (Å²) < 4.78 is 2.02. The van der Waals surface area contributed by atoms with E-state index < -0.39 is 0 Å². The SMILES string of the molecule is CCNC(=NCCNC(=O)c1scnc1C)NCCn1cnnc1CC. The van der Waals surface area contributed by atoms with Crippen LogP contribution in [0.2, 0.25) is 0 Å². The van der Waals surface area contributed by atoms with Gasteiger partial charge in [0, 0.05) is 32.6 Å². The van der Waals surface area contributed by atoms with Crippen molar-refractivity contribution in [1.82, 2.24) is 35.7 Å². The smallest absolute Gasteiger partial charge is 0.263 e. The molecule has 0 bridgehead atoms. The fraction of sp³-hybridized carbons (Fsp3) is 0.562. The largest absolute Gasteiger partial charge is 0.357 e. The lowest BCUT2D eigenvalue weighted by Gasteiger charge is -2.12. The van der Waals surface area contributed by atoms with Gasteiger partial charge in [-0.05, 0) is 13.8 Å². The van der Waals surface area contributed by atoms with E-state index in [1.807, 2.05) is 18.4 Å². The summed E-state index contributed by atoms with van der Waals surface area (Å²) in [5.41, 5.74) is 2.43. The molecule has 0 aliphatic rings. The standard InChI is InChI=1S/C16H26N8OS/c1-4-13-23-22-10-24(13)9-8-20-16(17-5-2)19-7-6-18-15(25)14-12(3)21-11-26-14/h10-11H,4-9H2,1-3H3,(H,18,25)(H2,17,19,20). The third-order valence-electron chi connectivity index (χ3n) is 3.62. The summed E-state index contributed by atoms with van der Waals surface area (Å²) in [7, 11) is 0. The number of nitrogens with zero attached hydrogens (tertiary/aromatic N) is 5. The van der Waals surface area contributed by atoms with Crippen LogP contribution in [0.25, 0.3) is 0 Å². The zero-order valence-corrected chi connectivity index (χ0v) is 16.3. The van der Waals surface area contributed by atoms with E-state index in [1.165, 1.54) is 11.3 Å². The monoisotopic (exact) mass is 378 g/mol. The van der Waals surface area contributed by atoms with Crippen LogP contribution in [0.5, 0.6) is 0 Å². The van der Waals surface area contributed by atoms with Gasteiger partial charge >= 0.3 is 0 Å². The molecule has 142 valence electrons. The lowest BCUT2D eigenvalue weighted by atomic mass is 10.4. The van der Waals surface area contributed by atoms with E-state index in [9.17, 15) is 4.79 Å². The molecule has 2 heterocycles. The van der Waals surface area contributed by atoms with Gasteiger partial charge < -0.3 is 20.5 Å². The second-order valence-electron chi connectivity index (χ2n) is 5.50. The van der Waals surface area contributed by atoms with Crippen LogP contribution in [0.4, 0.5) is 0 Å². The van der Waals surface area contributed by atoms with Crippen LogP contribution in [0.15, 0.2) is 16.8 Å². The second-order valence-corrected chi connectivity index (χ2v) is 6.36. The minimum atomic E-state index is -0.0992. The van der Waals surface area contributed by atoms with Crippen molar-refractivity contribution in [3.05, 3.63) is 28.2 Å². The Labute approximate surface area is 157 Å². The zero-order chi connectivity index (χ0) is 18.8. The van der Waals surface area contributed by atoms with Gasteiger partial charge in [-0.15, -0.1) is 21.5 Å². The van der Waals surface area contributed by atoms with Crippen molar-refractivity contribution in [3.63, 3.8) is 0 Å². The molecule has 0 aliphatic carbocycles. The quantitative estimate of drug-likeness (QED) is 0.335. The lowest BCUT2D eigenvalue weighted by Crippen LogP contribution is -2.39. The molecular weight excluding hydrogens is 352 g/mol. The summed E-state index contributed by atoms with van der Waals surface area (Å²) >= 11 is 1.35. The fourth-order valence-electron chi connectivity index (χ4n) is 2.31. The molecule has 0 atom stereocenters. The van der Waals surface area contributed by atoms with E-state index in [2.05, 4.69) is 43.0 Å². The molecule has 2 rings (SSSR count). The molecule has 2 aromatic rings. The summed E-state index contributed by atoms with van der Waals surface area (Å²) in [6, 6.07) is 0. The van der Waals surface area contributed by atoms with Crippen molar-refractivity contribution < 1.29 is 4.79 Å². The van der Waals surface area contributed by atoms with E-state index in [-0.39, 0.29) is 5.91 Å². The van der Waals surface area contributed by atoms with E-state index >= 15 is 0 Å². The van der Waals surface area contributed by atoms with E-state index in [0.717, 1.165) is 37.0 Å². The van der Waals surface area contributed by atoms with Gasteiger partial charge in [-0.2, -0.15) is 0 Å². The van der Waals surface area contributed by atoms with Gasteiger partial charge in [0.15, 0.2) is 5.96 Å². The van der Waals surface area contributed by atoms with Crippen LogP contribution in [0.3, 0.4) is 0 Å². The number of rotatable bonds is 9. The van der Waals surface area contributed by atoms with Crippen LogP contribution in [-0.2, 0) is 13.0 Å². The minimum absolute atomic E-state index is 0.0992. The predicted octanol–water partition coefficient (Wildman–Crippen LogP) is 0.591. The number of aromatic nitrogens is 4. The number of nitrogens with one attached hydrogen (secondary N) is 3. The van der Waals surface area contributed by atoms with Gasteiger partial charge in [-0.25, -0.2) is 4.98 Å². The van der Waals surface area contributed by atoms with E-state index in [1.54, 1.807) is 11.8 Å². The van der Waals surface area contributed by atoms with Gasteiger partial charge in [0.05, 0.1) is 17.7 Å². The van der Waals surface area contributed by atoms with Gasteiger partial charge in [0.2, 0.25) is 0 Å². The van der Waals surface area contributed by atoms with Crippen LogP contribution in [0.1, 0.15) is 35.0 Å². The third kappa shape index (κ3) is 5.80. The lowest BCUT2D eigenvalue weighted by molar-refractivity contribution is 0.0958. The van der Waals surface area contributed by atoms with Crippen molar-refractivity contribution >= 4 is 23.2 Å². The Morgan fingerprint density at radius 3 is 2.81 bits per heavy atom. The Hall–Kier alpha value is -2.49. The topological polar surface area (TPSA) is 109 Å². The summed E-state index contributed by atoms with van der Waals surface area (Å²) in [6.45, 7) is 9.11. The molecular formula is C16H26N8OS. The molecule has 9 nitrogen and oxygen atoms in total. The van der Waals surface area contributed by atoms with Crippen molar-refractivity contribution in [2.45, 2.75) is 33.7 Å². The second kappa shape index (κ2) is 10.5. The number of thiazole rings is 1. The molecule has 0 aliphatic heterocycles. The molecule has 1 amide bonds. The van der Waals surface area contributed by atoms with Gasteiger partial charge in [-0.3, -0.25) is 9.79 Å². The molecule has 0 saturated carbocycles. The number of hydrogen-bond donors (Lipinski definition) is 3. The number of aryl methyl sites for hydroxylation is 2. The number of aliphatic imine (C=N–C) groups is 1. The summed E-state index contributed by atoms with van der Waals surface area (Å²) in [5, 5.41) is 17.3. The van der Waals surface area contributed by atoms with Gasteiger partial charge in [0.1, 0.15) is 17.0 Å². The summed E-state index contributed by atoms with van der Waals surface area (Å²) in [4.78, 5) is 21.2.